The Morgan fingerprint density at radius 3 is 1.19 bits per heavy atom. The van der Waals surface area contributed by atoms with Crippen molar-refractivity contribution in [3.05, 3.63) is 206 Å². The maximum atomic E-state index is 2.35. The van der Waals surface area contributed by atoms with E-state index in [9.17, 15) is 0 Å². The minimum absolute atomic E-state index is 1.12. The van der Waals surface area contributed by atoms with Gasteiger partial charge in [-0.2, -0.15) is 0 Å². The van der Waals surface area contributed by atoms with Gasteiger partial charge in [0.05, 0.1) is 5.69 Å². The number of rotatable bonds is 8. The number of para-hydroxylation sites is 3. The lowest BCUT2D eigenvalue weighted by Gasteiger charge is -2.27. The van der Waals surface area contributed by atoms with Crippen molar-refractivity contribution in [3.8, 4) is 22.3 Å². The molecule has 8 aromatic carbocycles. The molecule has 2 heteroatoms. The Labute approximate surface area is 282 Å². The topological polar surface area (TPSA) is 6.48 Å². The quantitative estimate of drug-likeness (QED) is 0.168. The third-order valence-electron chi connectivity index (χ3n) is 8.83. The highest BCUT2D eigenvalue weighted by molar-refractivity contribution is 6.00. The molecule has 0 radical (unpaired) electrons. The zero-order valence-corrected chi connectivity index (χ0v) is 26.5. The normalized spacial score (nSPS) is 10.9. The number of hydrogen-bond donors (Lipinski definition) is 0. The summed E-state index contributed by atoms with van der Waals surface area (Å²) in [5, 5.41) is 2.40. The van der Waals surface area contributed by atoms with E-state index in [2.05, 4.69) is 216 Å². The van der Waals surface area contributed by atoms with E-state index in [-0.39, 0.29) is 0 Å². The summed E-state index contributed by atoms with van der Waals surface area (Å²) in [5.74, 6) is 0. The number of nitrogens with zero attached hydrogens (tertiary/aromatic N) is 2. The highest BCUT2D eigenvalue weighted by Gasteiger charge is 2.16. The van der Waals surface area contributed by atoms with Crippen molar-refractivity contribution in [2.75, 3.05) is 9.80 Å². The molecule has 0 aliphatic heterocycles. The van der Waals surface area contributed by atoms with Crippen LogP contribution in [0.5, 0.6) is 0 Å². The number of fused-ring (bicyclic) bond motifs is 1. The Morgan fingerprint density at radius 1 is 0.250 bits per heavy atom. The van der Waals surface area contributed by atoms with Gasteiger partial charge < -0.3 is 9.80 Å². The largest absolute Gasteiger partial charge is 0.311 e. The Kier molecular flexibility index (Phi) is 7.96. The Balaban J connectivity index is 1.15. The molecule has 0 bridgehead atoms. The van der Waals surface area contributed by atoms with E-state index in [0.717, 1.165) is 34.1 Å². The van der Waals surface area contributed by atoms with Gasteiger partial charge in [-0.3, -0.25) is 0 Å². The first-order valence-electron chi connectivity index (χ1n) is 16.4. The first kappa shape index (κ1) is 29.1. The van der Waals surface area contributed by atoms with Gasteiger partial charge in [0, 0.05) is 33.8 Å². The third kappa shape index (κ3) is 5.84. The third-order valence-corrected chi connectivity index (χ3v) is 8.83. The summed E-state index contributed by atoms with van der Waals surface area (Å²) in [6, 6.07) is 73.4. The Bertz CT molecular complexity index is 2210. The van der Waals surface area contributed by atoms with E-state index in [1.54, 1.807) is 0 Å². The van der Waals surface area contributed by atoms with Crippen LogP contribution in [0.2, 0.25) is 0 Å². The molecular formula is C46H34N2. The van der Waals surface area contributed by atoms with Crippen molar-refractivity contribution in [2.45, 2.75) is 0 Å². The lowest BCUT2D eigenvalue weighted by molar-refractivity contribution is 1.28. The standard InChI is InChI=1S/C46H34N2/c1-5-14-35(15-6-1)36-24-31-44(32-25-36)48(42-21-11-4-12-22-42)46-23-13-16-39-34-38(28-33-45(39)46)37-26-29-43(30-27-37)47(40-17-7-2-8-18-40)41-19-9-3-10-20-41/h1-34H. The summed E-state index contributed by atoms with van der Waals surface area (Å²) in [6.45, 7) is 0. The summed E-state index contributed by atoms with van der Waals surface area (Å²) in [5.41, 5.74) is 11.6. The summed E-state index contributed by atoms with van der Waals surface area (Å²) < 4.78 is 0. The maximum Gasteiger partial charge on any atom is 0.0540 e. The van der Waals surface area contributed by atoms with Crippen molar-refractivity contribution >= 4 is 44.9 Å². The van der Waals surface area contributed by atoms with E-state index in [4.69, 9.17) is 0 Å². The minimum Gasteiger partial charge on any atom is -0.311 e. The molecule has 0 aromatic heterocycles. The predicted octanol–water partition coefficient (Wildman–Crippen LogP) is 13.1. The fourth-order valence-electron chi connectivity index (χ4n) is 6.48. The van der Waals surface area contributed by atoms with Gasteiger partial charge in [0.2, 0.25) is 0 Å². The van der Waals surface area contributed by atoms with E-state index in [0.29, 0.717) is 0 Å². The van der Waals surface area contributed by atoms with Crippen LogP contribution in [-0.4, -0.2) is 0 Å². The lowest BCUT2D eigenvalue weighted by atomic mass is 9.99. The average Bonchev–Trinajstić information content (AvgIpc) is 3.17. The molecule has 0 amide bonds. The van der Waals surface area contributed by atoms with E-state index in [1.165, 1.54) is 33.0 Å². The fourth-order valence-corrected chi connectivity index (χ4v) is 6.48. The second kappa shape index (κ2) is 13.2. The van der Waals surface area contributed by atoms with Crippen molar-refractivity contribution in [1.82, 2.24) is 0 Å². The smallest absolute Gasteiger partial charge is 0.0540 e. The predicted molar refractivity (Wildman–Crippen MR) is 204 cm³/mol. The average molecular weight is 615 g/mol. The molecule has 0 aliphatic rings. The molecule has 8 aromatic rings. The van der Waals surface area contributed by atoms with Crippen molar-refractivity contribution in [2.24, 2.45) is 0 Å². The van der Waals surface area contributed by atoms with Crippen LogP contribution >= 0.6 is 0 Å². The second-order valence-corrected chi connectivity index (χ2v) is 11.9. The van der Waals surface area contributed by atoms with Gasteiger partial charge in [-0.1, -0.05) is 133 Å². The van der Waals surface area contributed by atoms with Crippen LogP contribution in [0.3, 0.4) is 0 Å². The Hall–Kier alpha value is -6.38. The SMILES string of the molecule is c1ccc(-c2ccc(N(c3ccccc3)c3cccc4cc(-c5ccc(N(c6ccccc6)c6ccccc6)cc5)ccc34)cc2)cc1. The highest BCUT2D eigenvalue weighted by atomic mass is 15.1. The van der Waals surface area contributed by atoms with Crippen LogP contribution in [0.15, 0.2) is 206 Å². The van der Waals surface area contributed by atoms with Gasteiger partial charge in [0.25, 0.3) is 0 Å². The lowest BCUT2D eigenvalue weighted by Crippen LogP contribution is -2.10. The van der Waals surface area contributed by atoms with E-state index in [1.807, 2.05) is 0 Å². The zero-order valence-electron chi connectivity index (χ0n) is 26.5. The number of benzene rings is 8. The molecular weight excluding hydrogens is 581 g/mol. The summed E-state index contributed by atoms with van der Waals surface area (Å²) >= 11 is 0. The van der Waals surface area contributed by atoms with Crippen molar-refractivity contribution in [3.63, 3.8) is 0 Å². The number of hydrogen-bond acceptors (Lipinski definition) is 2. The second-order valence-electron chi connectivity index (χ2n) is 11.9. The van der Waals surface area contributed by atoms with E-state index < -0.39 is 0 Å². The van der Waals surface area contributed by atoms with Gasteiger partial charge in [0.1, 0.15) is 0 Å². The molecule has 0 saturated heterocycles. The minimum atomic E-state index is 1.12. The van der Waals surface area contributed by atoms with E-state index >= 15 is 0 Å². The van der Waals surface area contributed by atoms with Gasteiger partial charge in [-0.25, -0.2) is 0 Å². The van der Waals surface area contributed by atoms with Gasteiger partial charge in [-0.05, 0) is 100 Å². The molecule has 0 fully saturated rings. The van der Waals surface area contributed by atoms with Crippen LogP contribution < -0.4 is 9.80 Å². The van der Waals surface area contributed by atoms with Crippen LogP contribution in [0, 0.1) is 0 Å². The summed E-state index contributed by atoms with van der Waals surface area (Å²) in [4.78, 5) is 4.65. The molecule has 0 heterocycles. The van der Waals surface area contributed by atoms with Crippen LogP contribution in [0.25, 0.3) is 33.0 Å². The summed E-state index contributed by atoms with van der Waals surface area (Å²) in [7, 11) is 0. The molecule has 0 atom stereocenters. The molecule has 48 heavy (non-hydrogen) atoms. The maximum absolute atomic E-state index is 2.35. The summed E-state index contributed by atoms with van der Waals surface area (Å²) in [6.07, 6.45) is 0. The molecule has 0 unspecified atom stereocenters. The number of anilines is 6. The monoisotopic (exact) mass is 614 g/mol. The molecule has 0 aliphatic carbocycles. The first-order valence-corrected chi connectivity index (χ1v) is 16.4. The molecule has 0 N–H and O–H groups in total. The van der Waals surface area contributed by atoms with Gasteiger partial charge in [0.15, 0.2) is 0 Å². The fraction of sp³-hybridized carbons (Fsp3) is 0. The van der Waals surface area contributed by atoms with Crippen LogP contribution in [0.1, 0.15) is 0 Å². The molecule has 228 valence electrons. The Morgan fingerprint density at radius 2 is 0.646 bits per heavy atom. The highest BCUT2D eigenvalue weighted by Crippen LogP contribution is 2.41. The molecule has 0 spiro atoms. The van der Waals surface area contributed by atoms with Gasteiger partial charge in [-0.15, -0.1) is 0 Å². The molecule has 2 nitrogen and oxygen atoms in total. The zero-order chi connectivity index (χ0) is 32.1. The van der Waals surface area contributed by atoms with Crippen LogP contribution in [0.4, 0.5) is 34.1 Å². The van der Waals surface area contributed by atoms with Crippen molar-refractivity contribution in [1.29, 1.82) is 0 Å². The molecule has 8 rings (SSSR count). The van der Waals surface area contributed by atoms with Crippen molar-refractivity contribution < 1.29 is 0 Å². The first-order chi connectivity index (χ1) is 23.8. The van der Waals surface area contributed by atoms with Gasteiger partial charge >= 0.3 is 0 Å². The molecule has 0 saturated carbocycles. The van der Waals surface area contributed by atoms with Crippen LogP contribution in [-0.2, 0) is 0 Å².